The highest BCUT2D eigenvalue weighted by Crippen LogP contribution is 2.16. The van der Waals surface area contributed by atoms with E-state index >= 15 is 0 Å². The molecule has 0 aromatic heterocycles. The quantitative estimate of drug-likeness (QED) is 0.0618. The van der Waals surface area contributed by atoms with Gasteiger partial charge in [0.2, 0.25) is 0 Å². The van der Waals surface area contributed by atoms with Crippen molar-refractivity contribution in [2.75, 3.05) is 0 Å². The molecule has 38 heavy (non-hydrogen) atoms. The smallest absolute Gasteiger partial charge is 0.307 e. The summed E-state index contributed by atoms with van der Waals surface area (Å²) in [6.45, 7) is 4.48. The SMILES string of the molecule is CCCCC/C=C\C/C=C\C/C=C\CCCCC(=O)OC(CCCCCCCCCCCCC)CC(=O)O. The van der Waals surface area contributed by atoms with E-state index < -0.39 is 12.1 Å². The van der Waals surface area contributed by atoms with Gasteiger partial charge in [0.25, 0.3) is 0 Å². The van der Waals surface area contributed by atoms with Crippen LogP contribution in [0.25, 0.3) is 0 Å². The second kappa shape index (κ2) is 29.7. The Morgan fingerprint density at radius 1 is 0.605 bits per heavy atom. The van der Waals surface area contributed by atoms with Gasteiger partial charge in [0.05, 0.1) is 6.42 Å². The van der Waals surface area contributed by atoms with Crippen LogP contribution in [0.5, 0.6) is 0 Å². The molecule has 0 rings (SSSR count). The molecule has 1 N–H and O–H groups in total. The number of esters is 1. The first-order chi connectivity index (χ1) is 18.6. The van der Waals surface area contributed by atoms with Gasteiger partial charge in [0, 0.05) is 6.42 Å². The van der Waals surface area contributed by atoms with Crippen molar-refractivity contribution < 1.29 is 19.4 Å². The van der Waals surface area contributed by atoms with Gasteiger partial charge in [0.15, 0.2) is 0 Å². The number of ether oxygens (including phenoxy) is 1. The molecule has 0 aromatic carbocycles. The molecule has 1 unspecified atom stereocenters. The Morgan fingerprint density at radius 2 is 1.05 bits per heavy atom. The largest absolute Gasteiger partial charge is 0.481 e. The molecular weight excluding hydrogens is 472 g/mol. The normalized spacial score (nSPS) is 12.7. The molecule has 0 bridgehead atoms. The Balaban J connectivity index is 3.81. The topological polar surface area (TPSA) is 63.6 Å². The molecule has 220 valence electrons. The fourth-order valence-corrected chi connectivity index (χ4v) is 4.50. The molecule has 0 aliphatic carbocycles. The molecule has 0 aliphatic heterocycles. The molecule has 0 saturated heterocycles. The van der Waals surface area contributed by atoms with E-state index in [1.807, 2.05) is 0 Å². The summed E-state index contributed by atoms with van der Waals surface area (Å²) < 4.78 is 5.52. The van der Waals surface area contributed by atoms with Crippen molar-refractivity contribution in [3.05, 3.63) is 36.5 Å². The van der Waals surface area contributed by atoms with E-state index in [2.05, 4.69) is 50.3 Å². The van der Waals surface area contributed by atoms with Gasteiger partial charge in [-0.3, -0.25) is 9.59 Å². The highest BCUT2D eigenvalue weighted by Gasteiger charge is 2.17. The van der Waals surface area contributed by atoms with Gasteiger partial charge in [-0.2, -0.15) is 0 Å². The Kier molecular flexibility index (Phi) is 28.3. The molecule has 4 heteroatoms. The molecule has 0 spiro atoms. The van der Waals surface area contributed by atoms with Gasteiger partial charge in [-0.05, 0) is 57.8 Å². The molecule has 0 fully saturated rings. The number of aliphatic carboxylic acids is 1. The number of rotatable bonds is 28. The van der Waals surface area contributed by atoms with E-state index in [1.165, 1.54) is 83.5 Å². The number of carbonyl (C=O) groups excluding carboxylic acids is 1. The Hall–Kier alpha value is -1.84. The van der Waals surface area contributed by atoms with E-state index in [1.54, 1.807) is 0 Å². The lowest BCUT2D eigenvalue weighted by Crippen LogP contribution is -2.21. The average molecular weight is 533 g/mol. The van der Waals surface area contributed by atoms with E-state index in [9.17, 15) is 14.7 Å². The lowest BCUT2D eigenvalue weighted by Gasteiger charge is -2.16. The van der Waals surface area contributed by atoms with Crippen molar-refractivity contribution in [1.29, 1.82) is 0 Å². The van der Waals surface area contributed by atoms with Crippen molar-refractivity contribution in [2.45, 2.75) is 168 Å². The van der Waals surface area contributed by atoms with Crippen LogP contribution in [0.1, 0.15) is 162 Å². The van der Waals surface area contributed by atoms with Crippen LogP contribution in [0, 0.1) is 0 Å². The minimum atomic E-state index is -0.895. The number of unbranched alkanes of at least 4 members (excludes halogenated alkanes) is 15. The molecule has 1 atom stereocenters. The number of carboxylic acid groups (broad SMARTS) is 1. The fourth-order valence-electron chi connectivity index (χ4n) is 4.50. The van der Waals surface area contributed by atoms with Crippen molar-refractivity contribution in [3.8, 4) is 0 Å². The summed E-state index contributed by atoms with van der Waals surface area (Å²) in [6.07, 6.45) is 37.2. The number of hydrogen-bond acceptors (Lipinski definition) is 3. The van der Waals surface area contributed by atoms with Gasteiger partial charge in [-0.25, -0.2) is 0 Å². The zero-order valence-corrected chi connectivity index (χ0v) is 25.0. The molecule has 0 aromatic rings. The van der Waals surface area contributed by atoms with Crippen LogP contribution >= 0.6 is 0 Å². The molecular formula is C34H60O4. The summed E-state index contributed by atoms with van der Waals surface area (Å²) in [7, 11) is 0. The second-order valence-corrected chi connectivity index (χ2v) is 10.7. The van der Waals surface area contributed by atoms with Crippen LogP contribution in [0.4, 0.5) is 0 Å². The number of hydrogen-bond donors (Lipinski definition) is 1. The van der Waals surface area contributed by atoms with Crippen molar-refractivity contribution in [1.82, 2.24) is 0 Å². The molecule has 4 nitrogen and oxygen atoms in total. The standard InChI is InChI=1S/C34H60O4/c1-3-5-7-9-11-13-15-16-17-18-20-22-24-26-28-30-34(37)38-32(31-33(35)36)29-27-25-23-21-19-14-12-10-8-6-4-2/h11,13,16-17,20,22,32H,3-10,12,14-15,18-19,21,23-31H2,1-2H3,(H,35,36)/b13-11-,17-16-,22-20-. The third kappa shape index (κ3) is 28.7. The maximum absolute atomic E-state index is 12.2. The first-order valence-corrected chi connectivity index (χ1v) is 16.0. The zero-order chi connectivity index (χ0) is 27.9. The van der Waals surface area contributed by atoms with Crippen molar-refractivity contribution in [2.24, 2.45) is 0 Å². The molecule has 0 radical (unpaired) electrons. The second-order valence-electron chi connectivity index (χ2n) is 10.7. The van der Waals surface area contributed by atoms with Crippen LogP contribution in [0.3, 0.4) is 0 Å². The van der Waals surface area contributed by atoms with Gasteiger partial charge >= 0.3 is 11.9 Å². The van der Waals surface area contributed by atoms with Crippen LogP contribution < -0.4 is 0 Å². The molecule has 0 heterocycles. The van der Waals surface area contributed by atoms with Gasteiger partial charge < -0.3 is 9.84 Å². The van der Waals surface area contributed by atoms with Gasteiger partial charge in [0.1, 0.15) is 6.10 Å². The van der Waals surface area contributed by atoms with Gasteiger partial charge in [-0.15, -0.1) is 0 Å². The maximum atomic E-state index is 12.2. The van der Waals surface area contributed by atoms with Crippen LogP contribution in [0.2, 0.25) is 0 Å². The lowest BCUT2D eigenvalue weighted by molar-refractivity contribution is -0.153. The van der Waals surface area contributed by atoms with Crippen LogP contribution in [-0.2, 0) is 14.3 Å². The minimum Gasteiger partial charge on any atom is -0.481 e. The molecule has 0 aliphatic rings. The summed E-state index contributed by atoms with van der Waals surface area (Å²) in [5, 5.41) is 9.18. The summed E-state index contributed by atoms with van der Waals surface area (Å²) in [5.41, 5.74) is 0. The summed E-state index contributed by atoms with van der Waals surface area (Å²) in [4.78, 5) is 23.4. The van der Waals surface area contributed by atoms with Crippen molar-refractivity contribution in [3.63, 3.8) is 0 Å². The molecule has 0 saturated carbocycles. The van der Waals surface area contributed by atoms with E-state index in [4.69, 9.17) is 4.74 Å². The lowest BCUT2D eigenvalue weighted by atomic mass is 10.0. The average Bonchev–Trinajstić information content (AvgIpc) is 2.89. The Morgan fingerprint density at radius 3 is 1.58 bits per heavy atom. The third-order valence-corrected chi connectivity index (χ3v) is 6.85. The van der Waals surface area contributed by atoms with E-state index in [0.717, 1.165) is 44.9 Å². The number of carbonyl (C=O) groups is 2. The van der Waals surface area contributed by atoms with Gasteiger partial charge in [-0.1, -0.05) is 127 Å². The van der Waals surface area contributed by atoms with E-state index in [0.29, 0.717) is 12.8 Å². The number of allylic oxidation sites excluding steroid dienone is 6. The Labute approximate surface area is 235 Å². The minimum absolute atomic E-state index is 0.0889. The van der Waals surface area contributed by atoms with Crippen LogP contribution in [-0.4, -0.2) is 23.1 Å². The predicted molar refractivity (Wildman–Crippen MR) is 162 cm³/mol. The summed E-state index contributed by atoms with van der Waals surface area (Å²) in [5.74, 6) is -1.15. The Bertz CT molecular complexity index is 620. The summed E-state index contributed by atoms with van der Waals surface area (Å²) in [6, 6.07) is 0. The highest BCUT2D eigenvalue weighted by molar-refractivity contribution is 5.71. The van der Waals surface area contributed by atoms with Crippen LogP contribution in [0.15, 0.2) is 36.5 Å². The summed E-state index contributed by atoms with van der Waals surface area (Å²) >= 11 is 0. The predicted octanol–water partition coefficient (Wildman–Crippen LogP) is 10.7. The fraction of sp³-hybridized carbons (Fsp3) is 0.765. The number of carboxylic acids is 1. The zero-order valence-electron chi connectivity index (χ0n) is 25.0. The molecule has 0 amide bonds. The van der Waals surface area contributed by atoms with Crippen molar-refractivity contribution >= 4 is 11.9 Å². The first kappa shape index (κ1) is 36.2. The third-order valence-electron chi connectivity index (χ3n) is 6.85. The first-order valence-electron chi connectivity index (χ1n) is 16.0. The van der Waals surface area contributed by atoms with E-state index in [-0.39, 0.29) is 12.4 Å². The highest BCUT2D eigenvalue weighted by atomic mass is 16.5. The monoisotopic (exact) mass is 532 g/mol. The maximum Gasteiger partial charge on any atom is 0.307 e.